The van der Waals surface area contributed by atoms with Crippen molar-refractivity contribution < 1.29 is 4.74 Å². The molecule has 4 unspecified atom stereocenters. The Hall–Kier alpha value is -0.120. The molecule has 118 valence electrons. The van der Waals surface area contributed by atoms with E-state index in [9.17, 15) is 0 Å². The molecule has 4 atom stereocenters. The smallest absolute Gasteiger partial charge is 0.0702 e. The van der Waals surface area contributed by atoms with Gasteiger partial charge in [-0.25, -0.2) is 0 Å². The molecule has 1 N–H and O–H groups in total. The summed E-state index contributed by atoms with van der Waals surface area (Å²) in [5.74, 6) is 0.837. The van der Waals surface area contributed by atoms with E-state index >= 15 is 0 Å². The SMILES string of the molecule is CNC1CCC(C(C)(C)C)CC1N(C)CC1CCCO1. The lowest BCUT2D eigenvalue weighted by atomic mass is 9.69. The van der Waals surface area contributed by atoms with Crippen LogP contribution < -0.4 is 5.32 Å². The monoisotopic (exact) mass is 282 g/mol. The highest BCUT2D eigenvalue weighted by atomic mass is 16.5. The summed E-state index contributed by atoms with van der Waals surface area (Å²) in [6.07, 6.45) is 6.93. The molecule has 2 aliphatic rings. The fourth-order valence-electron chi connectivity index (χ4n) is 4.00. The first kappa shape index (κ1) is 16.3. The number of hydrogen-bond donors (Lipinski definition) is 1. The Kier molecular flexibility index (Phi) is 5.49. The number of hydrogen-bond acceptors (Lipinski definition) is 3. The lowest BCUT2D eigenvalue weighted by Crippen LogP contribution is -2.53. The highest BCUT2D eigenvalue weighted by Crippen LogP contribution is 2.39. The Balaban J connectivity index is 1.96. The number of likely N-dealkylation sites (N-methyl/N-ethyl adjacent to an activating group) is 2. The van der Waals surface area contributed by atoms with Gasteiger partial charge in [-0.3, -0.25) is 4.90 Å². The van der Waals surface area contributed by atoms with Crippen molar-refractivity contribution in [3.8, 4) is 0 Å². The van der Waals surface area contributed by atoms with Gasteiger partial charge in [-0.2, -0.15) is 0 Å². The average Bonchev–Trinajstić information content (AvgIpc) is 2.89. The molecule has 0 radical (unpaired) electrons. The summed E-state index contributed by atoms with van der Waals surface area (Å²) >= 11 is 0. The molecule has 1 saturated heterocycles. The summed E-state index contributed by atoms with van der Waals surface area (Å²) in [5.41, 5.74) is 0.432. The summed E-state index contributed by atoms with van der Waals surface area (Å²) in [6, 6.07) is 1.29. The van der Waals surface area contributed by atoms with Crippen molar-refractivity contribution in [3.63, 3.8) is 0 Å². The lowest BCUT2D eigenvalue weighted by Gasteiger charge is -2.45. The zero-order chi connectivity index (χ0) is 14.8. The standard InChI is InChI=1S/C17H34N2O/c1-17(2,3)13-8-9-15(18-4)16(11-13)19(5)12-14-7-6-10-20-14/h13-16,18H,6-12H2,1-5H3. The second kappa shape index (κ2) is 6.76. The molecule has 1 aliphatic heterocycles. The van der Waals surface area contributed by atoms with Crippen LogP contribution in [0.3, 0.4) is 0 Å². The van der Waals surface area contributed by atoms with Crippen molar-refractivity contribution in [2.24, 2.45) is 11.3 Å². The van der Waals surface area contributed by atoms with E-state index in [4.69, 9.17) is 4.74 Å². The third kappa shape index (κ3) is 3.96. The molecule has 1 saturated carbocycles. The Morgan fingerprint density at radius 1 is 1.20 bits per heavy atom. The van der Waals surface area contributed by atoms with Crippen LogP contribution in [0.15, 0.2) is 0 Å². The van der Waals surface area contributed by atoms with Gasteiger partial charge in [0.2, 0.25) is 0 Å². The molecule has 0 amide bonds. The van der Waals surface area contributed by atoms with Crippen LogP contribution in [0.5, 0.6) is 0 Å². The van der Waals surface area contributed by atoms with E-state index in [2.05, 4.69) is 45.1 Å². The van der Waals surface area contributed by atoms with Gasteiger partial charge in [0.25, 0.3) is 0 Å². The maximum absolute atomic E-state index is 5.82. The third-order valence-electron chi connectivity index (χ3n) is 5.49. The number of ether oxygens (including phenoxy) is 1. The second-order valence-electron chi connectivity index (χ2n) is 7.91. The normalized spacial score (nSPS) is 35.7. The van der Waals surface area contributed by atoms with E-state index < -0.39 is 0 Å². The maximum atomic E-state index is 5.82. The van der Waals surface area contributed by atoms with Gasteiger partial charge >= 0.3 is 0 Å². The van der Waals surface area contributed by atoms with Crippen LogP contribution in [0, 0.1) is 11.3 Å². The van der Waals surface area contributed by atoms with E-state index in [1.165, 1.54) is 32.1 Å². The summed E-state index contributed by atoms with van der Waals surface area (Å²) in [7, 11) is 4.41. The molecule has 0 bridgehead atoms. The Labute approximate surface area is 125 Å². The fourth-order valence-corrected chi connectivity index (χ4v) is 4.00. The van der Waals surface area contributed by atoms with Crippen LogP contribution in [0.2, 0.25) is 0 Å². The van der Waals surface area contributed by atoms with Gasteiger partial charge in [-0.1, -0.05) is 20.8 Å². The van der Waals surface area contributed by atoms with Gasteiger partial charge in [0.1, 0.15) is 0 Å². The molecule has 3 nitrogen and oxygen atoms in total. The molecule has 0 spiro atoms. The lowest BCUT2D eigenvalue weighted by molar-refractivity contribution is 0.0310. The van der Waals surface area contributed by atoms with E-state index in [0.29, 0.717) is 23.6 Å². The molecule has 3 heteroatoms. The summed E-state index contributed by atoms with van der Waals surface area (Å²) in [5, 5.41) is 3.55. The predicted molar refractivity (Wildman–Crippen MR) is 85.0 cm³/mol. The zero-order valence-corrected chi connectivity index (χ0v) is 14.1. The molecular weight excluding hydrogens is 248 g/mol. The van der Waals surface area contributed by atoms with Crippen LogP contribution in [-0.4, -0.2) is 50.3 Å². The van der Waals surface area contributed by atoms with E-state index in [0.717, 1.165) is 19.1 Å². The van der Waals surface area contributed by atoms with Crippen LogP contribution in [0.25, 0.3) is 0 Å². The minimum absolute atomic E-state index is 0.432. The van der Waals surface area contributed by atoms with E-state index in [1.54, 1.807) is 0 Å². The second-order valence-corrected chi connectivity index (χ2v) is 7.91. The summed E-state index contributed by atoms with van der Waals surface area (Å²) in [4.78, 5) is 2.56. The predicted octanol–water partition coefficient (Wildman–Crippen LogP) is 2.90. The van der Waals surface area contributed by atoms with E-state index in [-0.39, 0.29) is 0 Å². The van der Waals surface area contributed by atoms with Gasteiger partial charge in [0, 0.05) is 25.2 Å². The first-order valence-electron chi connectivity index (χ1n) is 8.41. The van der Waals surface area contributed by atoms with Gasteiger partial charge in [-0.05, 0) is 57.5 Å². The van der Waals surface area contributed by atoms with Crippen LogP contribution in [-0.2, 0) is 4.74 Å². The van der Waals surface area contributed by atoms with Crippen molar-refractivity contribution in [3.05, 3.63) is 0 Å². The van der Waals surface area contributed by atoms with E-state index in [1.807, 2.05) is 0 Å². The minimum atomic E-state index is 0.432. The first-order valence-corrected chi connectivity index (χ1v) is 8.41. The molecule has 0 aromatic rings. The molecule has 0 aromatic carbocycles. The van der Waals surface area contributed by atoms with Gasteiger partial charge < -0.3 is 10.1 Å². The Bertz CT molecular complexity index is 294. The number of rotatable bonds is 4. The molecule has 20 heavy (non-hydrogen) atoms. The van der Waals surface area contributed by atoms with Crippen LogP contribution in [0.4, 0.5) is 0 Å². The van der Waals surface area contributed by atoms with Crippen LogP contribution >= 0.6 is 0 Å². The number of nitrogens with one attached hydrogen (secondary N) is 1. The quantitative estimate of drug-likeness (QED) is 0.858. The van der Waals surface area contributed by atoms with Crippen molar-refractivity contribution in [2.45, 2.75) is 71.1 Å². The van der Waals surface area contributed by atoms with Crippen molar-refractivity contribution in [1.82, 2.24) is 10.2 Å². The maximum Gasteiger partial charge on any atom is 0.0702 e. The molecule has 2 rings (SSSR count). The topological polar surface area (TPSA) is 24.5 Å². The average molecular weight is 282 g/mol. The highest BCUT2D eigenvalue weighted by molar-refractivity contribution is 4.93. The molecule has 1 aliphatic carbocycles. The van der Waals surface area contributed by atoms with Crippen LogP contribution in [0.1, 0.15) is 52.9 Å². The molecule has 2 fully saturated rings. The number of nitrogens with zero attached hydrogens (tertiary/aromatic N) is 1. The molecule has 0 aromatic heterocycles. The Morgan fingerprint density at radius 3 is 2.50 bits per heavy atom. The highest BCUT2D eigenvalue weighted by Gasteiger charge is 2.37. The molecular formula is C17H34N2O. The van der Waals surface area contributed by atoms with Crippen molar-refractivity contribution in [2.75, 3.05) is 27.2 Å². The van der Waals surface area contributed by atoms with Crippen molar-refractivity contribution in [1.29, 1.82) is 0 Å². The zero-order valence-electron chi connectivity index (χ0n) is 14.1. The first-order chi connectivity index (χ1) is 9.41. The summed E-state index contributed by atoms with van der Waals surface area (Å²) < 4.78 is 5.82. The van der Waals surface area contributed by atoms with Gasteiger partial charge in [0.15, 0.2) is 0 Å². The Morgan fingerprint density at radius 2 is 1.95 bits per heavy atom. The van der Waals surface area contributed by atoms with Gasteiger partial charge in [-0.15, -0.1) is 0 Å². The van der Waals surface area contributed by atoms with Crippen molar-refractivity contribution >= 4 is 0 Å². The minimum Gasteiger partial charge on any atom is -0.377 e. The largest absolute Gasteiger partial charge is 0.377 e. The molecule has 1 heterocycles. The van der Waals surface area contributed by atoms with Gasteiger partial charge in [0.05, 0.1) is 6.10 Å². The third-order valence-corrected chi connectivity index (χ3v) is 5.49. The summed E-state index contributed by atoms with van der Waals surface area (Å²) in [6.45, 7) is 9.25. The fraction of sp³-hybridized carbons (Fsp3) is 1.00.